The second-order valence-electron chi connectivity index (χ2n) is 5.24. The maximum absolute atomic E-state index is 11.9. The lowest BCUT2D eigenvalue weighted by Gasteiger charge is -2.21. The van der Waals surface area contributed by atoms with Gasteiger partial charge in [-0.1, -0.05) is 0 Å². The first-order chi connectivity index (χ1) is 11.0. The van der Waals surface area contributed by atoms with Crippen molar-refractivity contribution in [1.29, 1.82) is 0 Å². The third-order valence-electron chi connectivity index (χ3n) is 3.58. The average Bonchev–Trinajstić information content (AvgIpc) is 2.56. The highest BCUT2D eigenvalue weighted by molar-refractivity contribution is 6.42. The molecule has 1 saturated heterocycles. The van der Waals surface area contributed by atoms with Crippen molar-refractivity contribution in [3.8, 4) is 0 Å². The van der Waals surface area contributed by atoms with Gasteiger partial charge in [-0.3, -0.25) is 24.5 Å². The van der Waals surface area contributed by atoms with Gasteiger partial charge in [0.15, 0.2) is 0 Å². The van der Waals surface area contributed by atoms with Crippen LogP contribution in [0.4, 0.5) is 5.69 Å². The minimum atomic E-state index is -1.01. The van der Waals surface area contributed by atoms with E-state index in [1.165, 1.54) is 24.3 Å². The Labute approximate surface area is 132 Å². The Morgan fingerprint density at radius 1 is 1.00 bits per heavy atom. The van der Waals surface area contributed by atoms with Gasteiger partial charge in [-0.15, -0.1) is 0 Å². The lowest BCUT2D eigenvalue weighted by Crippen LogP contribution is -2.44. The van der Waals surface area contributed by atoms with E-state index in [0.717, 1.165) is 0 Å². The lowest BCUT2D eigenvalue weighted by atomic mass is 9.97. The van der Waals surface area contributed by atoms with Crippen LogP contribution in [-0.2, 0) is 14.4 Å². The summed E-state index contributed by atoms with van der Waals surface area (Å²) in [6, 6.07) is 5.74. The number of nitrogens with two attached hydrogens (primary N) is 1. The van der Waals surface area contributed by atoms with Crippen molar-refractivity contribution in [2.24, 2.45) is 11.7 Å². The molecule has 8 heteroatoms. The van der Waals surface area contributed by atoms with Crippen molar-refractivity contribution >= 4 is 29.3 Å². The van der Waals surface area contributed by atoms with Gasteiger partial charge in [0, 0.05) is 17.2 Å². The molecule has 1 fully saturated rings. The number of amides is 4. The predicted octanol–water partition coefficient (Wildman–Crippen LogP) is -0.634. The fraction of sp³-hybridized carbons (Fsp3) is 0.333. The van der Waals surface area contributed by atoms with Crippen LogP contribution in [-0.4, -0.2) is 36.7 Å². The van der Waals surface area contributed by atoms with Crippen LogP contribution in [0.3, 0.4) is 0 Å². The number of nitrogens with one attached hydrogen (secondary N) is 3. The molecular formula is C15H18N4O4. The van der Waals surface area contributed by atoms with Crippen molar-refractivity contribution in [2.45, 2.75) is 12.8 Å². The number of hydrogen-bond donors (Lipinski definition) is 4. The number of hydrogen-bond acceptors (Lipinski definition) is 5. The van der Waals surface area contributed by atoms with E-state index in [0.29, 0.717) is 31.6 Å². The second kappa shape index (κ2) is 7.50. The minimum Gasteiger partial charge on any atom is -0.366 e. The maximum atomic E-state index is 11.9. The fourth-order valence-corrected chi connectivity index (χ4v) is 2.26. The Bertz CT molecular complexity index is 621. The van der Waals surface area contributed by atoms with Crippen molar-refractivity contribution in [3.05, 3.63) is 29.8 Å². The van der Waals surface area contributed by atoms with Crippen LogP contribution in [0.1, 0.15) is 23.2 Å². The van der Waals surface area contributed by atoms with Crippen molar-refractivity contribution in [1.82, 2.24) is 10.6 Å². The van der Waals surface area contributed by atoms with Crippen LogP contribution >= 0.6 is 0 Å². The molecule has 2 rings (SSSR count). The monoisotopic (exact) mass is 318 g/mol. The first-order valence-electron chi connectivity index (χ1n) is 7.24. The molecule has 23 heavy (non-hydrogen) atoms. The van der Waals surface area contributed by atoms with Crippen LogP contribution in [0, 0.1) is 5.92 Å². The summed E-state index contributed by atoms with van der Waals surface area (Å²) in [5, 5.41) is 7.57. The number of benzene rings is 1. The lowest BCUT2D eigenvalue weighted by molar-refractivity contribution is -0.141. The van der Waals surface area contributed by atoms with Crippen molar-refractivity contribution in [2.75, 3.05) is 18.4 Å². The fourth-order valence-electron chi connectivity index (χ4n) is 2.26. The molecule has 0 spiro atoms. The molecule has 0 saturated carbocycles. The van der Waals surface area contributed by atoms with E-state index >= 15 is 0 Å². The van der Waals surface area contributed by atoms with Gasteiger partial charge >= 0.3 is 11.8 Å². The summed E-state index contributed by atoms with van der Waals surface area (Å²) in [5.74, 6) is -3.24. The summed E-state index contributed by atoms with van der Waals surface area (Å²) in [5.41, 5.74) is 5.72. The molecule has 1 aromatic carbocycles. The second-order valence-corrected chi connectivity index (χ2v) is 5.24. The Morgan fingerprint density at radius 3 is 2.17 bits per heavy atom. The standard InChI is InChI=1S/C15H18N4O4/c16-12(20)9-1-3-11(4-2-9)18-14(22)15(23)19-13(21)10-5-7-17-8-6-10/h1-4,10,17H,5-8H2,(H2,16,20)(H,18,22)(H,19,21,23). The average molecular weight is 318 g/mol. The quantitative estimate of drug-likeness (QED) is 0.551. The number of carbonyl (C=O) groups excluding carboxylic acids is 4. The number of piperidine rings is 1. The minimum absolute atomic E-state index is 0.261. The van der Waals surface area contributed by atoms with Crippen LogP contribution in [0.15, 0.2) is 24.3 Å². The Kier molecular flexibility index (Phi) is 5.42. The van der Waals surface area contributed by atoms with Crippen LogP contribution in [0.25, 0.3) is 0 Å². The molecule has 0 radical (unpaired) electrons. The molecule has 0 atom stereocenters. The third-order valence-corrected chi connectivity index (χ3v) is 3.58. The number of anilines is 1. The largest absolute Gasteiger partial charge is 0.366 e. The zero-order valence-corrected chi connectivity index (χ0v) is 12.4. The number of rotatable bonds is 3. The summed E-state index contributed by atoms with van der Waals surface area (Å²) in [4.78, 5) is 46.3. The normalized spacial score (nSPS) is 14.8. The van der Waals surface area contributed by atoms with Gasteiger partial charge < -0.3 is 16.4 Å². The van der Waals surface area contributed by atoms with Crippen molar-refractivity contribution < 1.29 is 19.2 Å². The van der Waals surface area contributed by atoms with Gasteiger partial charge in [0.25, 0.3) is 0 Å². The third kappa shape index (κ3) is 4.62. The SMILES string of the molecule is NC(=O)c1ccc(NC(=O)C(=O)NC(=O)C2CCNCC2)cc1. The molecular weight excluding hydrogens is 300 g/mol. The van der Waals surface area contributed by atoms with E-state index in [4.69, 9.17) is 5.73 Å². The number of primary amides is 1. The molecule has 1 aliphatic heterocycles. The van der Waals surface area contributed by atoms with E-state index in [1.807, 2.05) is 0 Å². The molecule has 0 aromatic heterocycles. The van der Waals surface area contributed by atoms with Gasteiger partial charge in [0.1, 0.15) is 0 Å². The Morgan fingerprint density at radius 2 is 1.61 bits per heavy atom. The Hall–Kier alpha value is -2.74. The van der Waals surface area contributed by atoms with E-state index in [-0.39, 0.29) is 11.5 Å². The molecule has 0 unspecified atom stereocenters. The van der Waals surface area contributed by atoms with Crippen LogP contribution < -0.4 is 21.7 Å². The summed E-state index contributed by atoms with van der Waals surface area (Å²) in [6.07, 6.45) is 1.27. The highest BCUT2D eigenvalue weighted by Gasteiger charge is 2.25. The molecule has 1 aliphatic rings. The Balaban J connectivity index is 1.88. The molecule has 1 heterocycles. The van der Waals surface area contributed by atoms with Crippen molar-refractivity contribution in [3.63, 3.8) is 0 Å². The molecule has 122 valence electrons. The van der Waals surface area contributed by atoms with Gasteiger partial charge in [0.05, 0.1) is 0 Å². The first-order valence-corrected chi connectivity index (χ1v) is 7.24. The summed E-state index contributed by atoms with van der Waals surface area (Å²) in [7, 11) is 0. The van der Waals surface area contributed by atoms with Gasteiger partial charge in [0.2, 0.25) is 11.8 Å². The van der Waals surface area contributed by atoms with Gasteiger partial charge in [-0.2, -0.15) is 0 Å². The molecule has 4 amide bonds. The maximum Gasteiger partial charge on any atom is 0.316 e. The van der Waals surface area contributed by atoms with E-state index in [9.17, 15) is 19.2 Å². The van der Waals surface area contributed by atoms with Gasteiger partial charge in [-0.05, 0) is 50.2 Å². The zero-order valence-electron chi connectivity index (χ0n) is 12.4. The van der Waals surface area contributed by atoms with E-state index in [1.54, 1.807) is 0 Å². The summed E-state index contributed by atoms with van der Waals surface area (Å²) < 4.78 is 0. The summed E-state index contributed by atoms with van der Waals surface area (Å²) in [6.45, 7) is 1.43. The molecule has 0 aliphatic carbocycles. The molecule has 5 N–H and O–H groups in total. The van der Waals surface area contributed by atoms with Crippen LogP contribution in [0.5, 0.6) is 0 Å². The van der Waals surface area contributed by atoms with Crippen LogP contribution in [0.2, 0.25) is 0 Å². The number of carbonyl (C=O) groups is 4. The zero-order chi connectivity index (χ0) is 16.8. The topological polar surface area (TPSA) is 130 Å². The highest BCUT2D eigenvalue weighted by atomic mass is 16.2. The summed E-state index contributed by atoms with van der Waals surface area (Å²) >= 11 is 0. The highest BCUT2D eigenvalue weighted by Crippen LogP contribution is 2.12. The number of imide groups is 1. The predicted molar refractivity (Wildman–Crippen MR) is 82.3 cm³/mol. The van der Waals surface area contributed by atoms with E-state index < -0.39 is 23.6 Å². The smallest absolute Gasteiger partial charge is 0.316 e. The first kappa shape index (κ1) is 16.6. The van der Waals surface area contributed by atoms with Gasteiger partial charge in [-0.25, -0.2) is 0 Å². The molecule has 8 nitrogen and oxygen atoms in total. The molecule has 0 bridgehead atoms. The molecule has 1 aromatic rings. The van der Waals surface area contributed by atoms with E-state index in [2.05, 4.69) is 16.0 Å².